The summed E-state index contributed by atoms with van der Waals surface area (Å²) in [7, 11) is 1.68. The second kappa shape index (κ2) is 12.1. The molecule has 1 aromatic rings. The highest BCUT2D eigenvalue weighted by Gasteiger charge is 2.39. The lowest BCUT2D eigenvalue weighted by Crippen LogP contribution is -2.20. The van der Waals surface area contributed by atoms with Gasteiger partial charge in [0.05, 0.1) is 18.3 Å². The number of alkyl halides is 1. The number of aryl methyl sites for hydroxylation is 1. The average Bonchev–Trinajstić information content (AvgIpc) is 3.23. The summed E-state index contributed by atoms with van der Waals surface area (Å²) in [6.07, 6.45) is 8.97. The molecule has 1 aliphatic carbocycles. The van der Waals surface area contributed by atoms with Gasteiger partial charge in [-0.15, -0.1) is 22.9 Å². The number of aliphatic hydroxyl groups is 2. The normalized spacial score (nSPS) is 26.8. The Hall–Kier alpha value is -0.920. The first-order chi connectivity index (χ1) is 13.8. The quantitative estimate of drug-likeness (QED) is 0.326. The minimum Gasteiger partial charge on any atom is -0.477 e. The van der Waals surface area contributed by atoms with E-state index in [0.717, 1.165) is 43.4 Å². The molecule has 0 bridgehead atoms. The molecule has 0 aromatic carbocycles. The molecule has 1 saturated carbocycles. The monoisotopic (exact) mass is 444 g/mol. The van der Waals surface area contributed by atoms with Crippen LogP contribution >= 0.6 is 22.9 Å². The van der Waals surface area contributed by atoms with Gasteiger partial charge in [0.1, 0.15) is 4.88 Å². The average molecular weight is 445 g/mol. The van der Waals surface area contributed by atoms with E-state index >= 15 is 0 Å². The molecule has 1 heterocycles. The molecule has 0 spiro atoms. The minimum absolute atomic E-state index is 0.00447. The number of halogens is 1. The Bertz CT molecular complexity index is 659. The summed E-state index contributed by atoms with van der Waals surface area (Å²) < 4.78 is 5.52. The Morgan fingerprint density at radius 1 is 1.38 bits per heavy atom. The van der Waals surface area contributed by atoms with Crippen molar-refractivity contribution in [3.05, 3.63) is 34.0 Å². The predicted molar refractivity (Wildman–Crippen MR) is 117 cm³/mol. The minimum atomic E-state index is -0.882. The van der Waals surface area contributed by atoms with Gasteiger partial charge < -0.3 is 20.1 Å². The van der Waals surface area contributed by atoms with E-state index in [0.29, 0.717) is 11.3 Å². The first-order valence-electron chi connectivity index (χ1n) is 10.3. The molecule has 5 nitrogen and oxygen atoms in total. The first-order valence-corrected chi connectivity index (χ1v) is 11.6. The Kier molecular flexibility index (Phi) is 10.1. The van der Waals surface area contributed by atoms with Crippen LogP contribution in [0.25, 0.3) is 0 Å². The second-order valence-corrected chi connectivity index (χ2v) is 9.69. The number of carboxylic acids is 1. The van der Waals surface area contributed by atoms with E-state index < -0.39 is 12.1 Å². The molecule has 6 atom stereocenters. The van der Waals surface area contributed by atoms with E-state index in [-0.39, 0.29) is 29.4 Å². The highest BCUT2D eigenvalue weighted by molar-refractivity contribution is 7.13. The van der Waals surface area contributed by atoms with Crippen molar-refractivity contribution in [2.75, 3.05) is 7.11 Å². The largest absolute Gasteiger partial charge is 0.477 e. The number of ether oxygens (including phenoxy) is 1. The Morgan fingerprint density at radius 2 is 2.14 bits per heavy atom. The van der Waals surface area contributed by atoms with Gasteiger partial charge in [-0.25, -0.2) is 4.79 Å². The van der Waals surface area contributed by atoms with Crippen LogP contribution < -0.4 is 0 Å². The van der Waals surface area contributed by atoms with Crippen molar-refractivity contribution in [3.63, 3.8) is 0 Å². The third-order valence-corrected chi connectivity index (χ3v) is 7.30. The summed E-state index contributed by atoms with van der Waals surface area (Å²) in [4.78, 5) is 12.4. The summed E-state index contributed by atoms with van der Waals surface area (Å²) in [5.41, 5.74) is 0. The van der Waals surface area contributed by atoms with E-state index in [1.54, 1.807) is 20.1 Å². The van der Waals surface area contributed by atoms with Gasteiger partial charge in [0, 0.05) is 23.3 Å². The molecule has 1 aliphatic rings. The third kappa shape index (κ3) is 7.68. The van der Waals surface area contributed by atoms with Gasteiger partial charge in [-0.1, -0.05) is 12.2 Å². The standard InChI is InChI=1S/C22H33ClO5S/c1-14(24)5-3-6-15(28-2)9-11-18-17(19(23)13-20(18)25)8-4-7-16-10-12-21(29-16)22(26)27/h9-12,14-15,17-20,24-25H,3-8,13H2,1-2H3,(H,26,27)/b11-9+/t14-,15+,17-,18-,19-,20-/m1/s1. The van der Waals surface area contributed by atoms with Gasteiger partial charge in [-0.3, -0.25) is 0 Å². The summed E-state index contributed by atoms with van der Waals surface area (Å²) in [6, 6.07) is 3.53. The molecule has 164 valence electrons. The van der Waals surface area contributed by atoms with Crippen molar-refractivity contribution in [3.8, 4) is 0 Å². The van der Waals surface area contributed by atoms with Crippen LogP contribution in [0.3, 0.4) is 0 Å². The van der Waals surface area contributed by atoms with Crippen LogP contribution in [0.4, 0.5) is 0 Å². The van der Waals surface area contributed by atoms with E-state index in [1.165, 1.54) is 11.3 Å². The molecular formula is C22H33ClO5S. The Balaban J connectivity index is 1.88. The molecule has 0 aliphatic heterocycles. The Morgan fingerprint density at radius 3 is 2.76 bits per heavy atom. The van der Waals surface area contributed by atoms with Crippen LogP contribution in [0, 0.1) is 11.8 Å². The summed E-state index contributed by atoms with van der Waals surface area (Å²) >= 11 is 7.86. The molecule has 1 fully saturated rings. The molecule has 1 aromatic heterocycles. The van der Waals surface area contributed by atoms with Gasteiger partial charge in [-0.05, 0) is 69.9 Å². The molecule has 3 N–H and O–H groups in total. The number of carboxylic acid groups (broad SMARTS) is 1. The molecule has 29 heavy (non-hydrogen) atoms. The number of aliphatic hydroxyl groups excluding tert-OH is 2. The van der Waals surface area contributed by atoms with E-state index in [1.807, 2.05) is 12.1 Å². The molecule has 0 amide bonds. The number of thiophene rings is 1. The highest BCUT2D eigenvalue weighted by Crippen LogP contribution is 2.40. The zero-order valence-corrected chi connectivity index (χ0v) is 18.7. The molecular weight excluding hydrogens is 412 g/mol. The fourth-order valence-corrected chi connectivity index (χ4v) is 5.40. The van der Waals surface area contributed by atoms with Gasteiger partial charge in [0.15, 0.2) is 0 Å². The number of rotatable bonds is 12. The van der Waals surface area contributed by atoms with Gasteiger partial charge in [-0.2, -0.15) is 0 Å². The molecule has 2 rings (SSSR count). The number of hydrogen-bond donors (Lipinski definition) is 3. The van der Waals surface area contributed by atoms with Crippen molar-refractivity contribution in [1.29, 1.82) is 0 Å². The molecule has 0 unspecified atom stereocenters. The van der Waals surface area contributed by atoms with Crippen molar-refractivity contribution < 1.29 is 24.9 Å². The maximum atomic E-state index is 11.0. The van der Waals surface area contributed by atoms with Crippen LogP contribution in [-0.2, 0) is 11.2 Å². The molecule has 7 heteroatoms. The topological polar surface area (TPSA) is 87.0 Å². The third-order valence-electron chi connectivity index (χ3n) is 5.66. The first kappa shape index (κ1) is 24.4. The lowest BCUT2D eigenvalue weighted by Gasteiger charge is -2.21. The van der Waals surface area contributed by atoms with Crippen molar-refractivity contribution >= 4 is 28.9 Å². The van der Waals surface area contributed by atoms with Crippen LogP contribution in [-0.4, -0.2) is 52.1 Å². The van der Waals surface area contributed by atoms with E-state index in [2.05, 4.69) is 6.08 Å². The van der Waals surface area contributed by atoms with Crippen molar-refractivity contribution in [2.45, 2.75) is 75.6 Å². The highest BCUT2D eigenvalue weighted by atomic mass is 35.5. The van der Waals surface area contributed by atoms with Crippen molar-refractivity contribution in [2.24, 2.45) is 11.8 Å². The van der Waals surface area contributed by atoms with E-state index in [9.17, 15) is 15.0 Å². The van der Waals surface area contributed by atoms with Crippen LogP contribution in [0.1, 0.15) is 60.0 Å². The Labute approximate surface area is 182 Å². The number of carbonyl (C=O) groups is 1. The van der Waals surface area contributed by atoms with Gasteiger partial charge >= 0.3 is 5.97 Å². The van der Waals surface area contributed by atoms with Crippen molar-refractivity contribution in [1.82, 2.24) is 0 Å². The summed E-state index contributed by atoms with van der Waals surface area (Å²) in [5, 5.41) is 28.8. The van der Waals surface area contributed by atoms with Crippen LogP contribution in [0.15, 0.2) is 24.3 Å². The number of aromatic carboxylic acids is 1. The maximum absolute atomic E-state index is 11.0. The fraction of sp³-hybridized carbons (Fsp3) is 0.682. The zero-order chi connectivity index (χ0) is 21.4. The van der Waals surface area contributed by atoms with Gasteiger partial charge in [0.2, 0.25) is 0 Å². The lowest BCUT2D eigenvalue weighted by atomic mass is 9.89. The van der Waals surface area contributed by atoms with Crippen LogP contribution in [0.5, 0.6) is 0 Å². The number of methoxy groups -OCH3 is 1. The fourth-order valence-electron chi connectivity index (χ4n) is 4.03. The zero-order valence-electron chi connectivity index (χ0n) is 17.2. The van der Waals surface area contributed by atoms with Crippen LogP contribution in [0.2, 0.25) is 0 Å². The smallest absolute Gasteiger partial charge is 0.345 e. The van der Waals surface area contributed by atoms with Gasteiger partial charge in [0.25, 0.3) is 0 Å². The SMILES string of the molecule is CO[C@H](/C=C/[C@@H]1[C@@H](CCCc2ccc(C(=O)O)s2)[C@H](Cl)C[C@H]1O)CCC[C@@H](C)O. The molecule has 0 radical (unpaired) electrons. The lowest BCUT2D eigenvalue weighted by molar-refractivity contribution is 0.0702. The summed E-state index contributed by atoms with van der Waals surface area (Å²) in [6.45, 7) is 1.79. The van der Waals surface area contributed by atoms with E-state index in [4.69, 9.17) is 21.4 Å². The number of hydrogen-bond acceptors (Lipinski definition) is 5. The second-order valence-electron chi connectivity index (χ2n) is 7.96. The summed E-state index contributed by atoms with van der Waals surface area (Å²) in [5.74, 6) is -0.686. The molecule has 0 saturated heterocycles. The maximum Gasteiger partial charge on any atom is 0.345 e. The predicted octanol–water partition coefficient (Wildman–Crippen LogP) is 4.50.